The second kappa shape index (κ2) is 4.82. The Bertz CT molecular complexity index is 374. The molecule has 0 aliphatic rings. The first-order valence-corrected chi connectivity index (χ1v) is 5.03. The zero-order valence-electron chi connectivity index (χ0n) is 9.61. The molecule has 0 saturated heterocycles. The van der Waals surface area contributed by atoms with Crippen molar-refractivity contribution in [3.8, 4) is 0 Å². The van der Waals surface area contributed by atoms with Gasteiger partial charge in [-0.25, -0.2) is 9.97 Å². The molecule has 15 heavy (non-hydrogen) atoms. The minimum atomic E-state index is 0.0327. The summed E-state index contributed by atoms with van der Waals surface area (Å²) in [7, 11) is 0. The van der Waals surface area contributed by atoms with Crippen LogP contribution in [-0.4, -0.2) is 15.8 Å². The predicted molar refractivity (Wildman–Crippen MR) is 60.4 cm³/mol. The molecule has 0 N–H and O–H groups in total. The highest BCUT2D eigenvalue weighted by atomic mass is 16.1. The number of allylic oxidation sites excluding steroid dienone is 1. The van der Waals surface area contributed by atoms with E-state index in [0.29, 0.717) is 0 Å². The van der Waals surface area contributed by atoms with Crippen LogP contribution in [0.5, 0.6) is 0 Å². The SMILES string of the molecule is Cc1cc(/C=C/C(=O)C(C)C)nc(C)n1. The van der Waals surface area contributed by atoms with Gasteiger partial charge in [-0.3, -0.25) is 4.79 Å². The molecule has 0 spiro atoms. The number of aromatic nitrogens is 2. The van der Waals surface area contributed by atoms with Crippen molar-refractivity contribution < 1.29 is 4.79 Å². The van der Waals surface area contributed by atoms with E-state index in [4.69, 9.17) is 0 Å². The predicted octanol–water partition coefficient (Wildman–Crippen LogP) is 2.33. The first kappa shape index (κ1) is 11.6. The average molecular weight is 204 g/mol. The van der Waals surface area contributed by atoms with E-state index in [1.165, 1.54) is 0 Å². The summed E-state index contributed by atoms with van der Waals surface area (Å²) in [5.41, 5.74) is 1.70. The maximum Gasteiger partial charge on any atom is 0.158 e. The Balaban J connectivity index is 2.85. The first-order chi connectivity index (χ1) is 6.99. The van der Waals surface area contributed by atoms with Gasteiger partial charge in [0.25, 0.3) is 0 Å². The van der Waals surface area contributed by atoms with Gasteiger partial charge in [-0.05, 0) is 32.1 Å². The van der Waals surface area contributed by atoms with Gasteiger partial charge in [0.1, 0.15) is 5.82 Å². The summed E-state index contributed by atoms with van der Waals surface area (Å²) < 4.78 is 0. The van der Waals surface area contributed by atoms with E-state index in [1.807, 2.05) is 33.8 Å². The van der Waals surface area contributed by atoms with Gasteiger partial charge in [0, 0.05) is 11.6 Å². The Kier molecular flexibility index (Phi) is 3.72. The van der Waals surface area contributed by atoms with Crippen LogP contribution in [-0.2, 0) is 4.79 Å². The van der Waals surface area contributed by atoms with Crippen molar-refractivity contribution >= 4 is 11.9 Å². The highest BCUT2D eigenvalue weighted by molar-refractivity contribution is 5.94. The second-order valence-electron chi connectivity index (χ2n) is 3.87. The smallest absolute Gasteiger partial charge is 0.158 e. The molecular weight excluding hydrogens is 188 g/mol. The van der Waals surface area contributed by atoms with E-state index in [2.05, 4.69) is 9.97 Å². The number of hydrogen-bond donors (Lipinski definition) is 0. The fourth-order valence-electron chi connectivity index (χ4n) is 1.19. The van der Waals surface area contributed by atoms with Crippen LogP contribution in [0.25, 0.3) is 6.08 Å². The van der Waals surface area contributed by atoms with Gasteiger partial charge in [0.15, 0.2) is 5.78 Å². The molecule has 1 aromatic heterocycles. The fraction of sp³-hybridized carbons (Fsp3) is 0.417. The second-order valence-corrected chi connectivity index (χ2v) is 3.87. The van der Waals surface area contributed by atoms with Gasteiger partial charge in [-0.1, -0.05) is 13.8 Å². The van der Waals surface area contributed by atoms with Crippen molar-refractivity contribution in [2.75, 3.05) is 0 Å². The number of aryl methyl sites for hydroxylation is 2. The molecule has 0 aromatic carbocycles. The lowest BCUT2D eigenvalue weighted by Gasteiger charge is -1.99. The van der Waals surface area contributed by atoms with Gasteiger partial charge in [0.2, 0.25) is 0 Å². The quantitative estimate of drug-likeness (QED) is 0.710. The van der Waals surface area contributed by atoms with E-state index >= 15 is 0 Å². The van der Waals surface area contributed by atoms with Gasteiger partial charge >= 0.3 is 0 Å². The number of rotatable bonds is 3. The molecule has 0 aliphatic carbocycles. The molecule has 0 atom stereocenters. The van der Waals surface area contributed by atoms with Crippen molar-refractivity contribution in [1.29, 1.82) is 0 Å². The third-order valence-corrected chi connectivity index (χ3v) is 1.97. The normalized spacial score (nSPS) is 11.3. The first-order valence-electron chi connectivity index (χ1n) is 5.03. The van der Waals surface area contributed by atoms with Crippen LogP contribution in [0.2, 0.25) is 0 Å². The standard InChI is InChI=1S/C12H16N2O/c1-8(2)12(15)6-5-11-7-9(3)13-10(4)14-11/h5-8H,1-4H3/b6-5+. The third kappa shape index (κ3) is 3.62. The van der Waals surface area contributed by atoms with Crippen molar-refractivity contribution in [1.82, 2.24) is 9.97 Å². The van der Waals surface area contributed by atoms with Crippen LogP contribution >= 0.6 is 0 Å². The highest BCUT2D eigenvalue weighted by Crippen LogP contribution is 2.04. The Morgan fingerprint density at radius 2 is 2.00 bits per heavy atom. The number of ketones is 1. The number of hydrogen-bond acceptors (Lipinski definition) is 3. The minimum Gasteiger partial charge on any atom is -0.295 e. The molecule has 0 aliphatic heterocycles. The van der Waals surface area contributed by atoms with Gasteiger partial charge in [-0.2, -0.15) is 0 Å². The van der Waals surface area contributed by atoms with Crippen molar-refractivity contribution in [3.63, 3.8) is 0 Å². The van der Waals surface area contributed by atoms with Gasteiger partial charge < -0.3 is 0 Å². The molecule has 0 saturated carbocycles. The molecule has 1 heterocycles. The lowest BCUT2D eigenvalue weighted by Crippen LogP contribution is -2.02. The summed E-state index contributed by atoms with van der Waals surface area (Å²) in [6, 6.07) is 1.86. The van der Waals surface area contributed by atoms with Crippen molar-refractivity contribution in [2.45, 2.75) is 27.7 Å². The molecule has 0 radical (unpaired) electrons. The van der Waals surface area contributed by atoms with E-state index in [9.17, 15) is 4.79 Å². The maximum atomic E-state index is 11.4. The topological polar surface area (TPSA) is 42.9 Å². The van der Waals surface area contributed by atoms with Crippen LogP contribution in [0, 0.1) is 19.8 Å². The van der Waals surface area contributed by atoms with Crippen molar-refractivity contribution in [3.05, 3.63) is 29.4 Å². The molecular formula is C12H16N2O. The largest absolute Gasteiger partial charge is 0.295 e. The summed E-state index contributed by atoms with van der Waals surface area (Å²) >= 11 is 0. The number of nitrogens with zero attached hydrogens (tertiary/aromatic N) is 2. The molecule has 3 heteroatoms. The van der Waals surface area contributed by atoms with E-state index in [-0.39, 0.29) is 11.7 Å². The summed E-state index contributed by atoms with van der Waals surface area (Å²) in [6.07, 6.45) is 3.32. The molecule has 1 rings (SSSR count). The monoisotopic (exact) mass is 204 g/mol. The zero-order chi connectivity index (χ0) is 11.4. The Hall–Kier alpha value is -1.51. The Labute approximate surface area is 90.3 Å². The third-order valence-electron chi connectivity index (χ3n) is 1.97. The lowest BCUT2D eigenvalue weighted by molar-refractivity contribution is -0.117. The summed E-state index contributed by atoms with van der Waals surface area (Å²) in [6.45, 7) is 7.51. The van der Waals surface area contributed by atoms with Crippen LogP contribution in [0.3, 0.4) is 0 Å². The van der Waals surface area contributed by atoms with E-state index in [1.54, 1.807) is 12.2 Å². The molecule has 0 fully saturated rings. The molecule has 3 nitrogen and oxygen atoms in total. The van der Waals surface area contributed by atoms with Crippen molar-refractivity contribution in [2.24, 2.45) is 5.92 Å². The zero-order valence-corrected chi connectivity index (χ0v) is 9.61. The van der Waals surface area contributed by atoms with E-state index < -0.39 is 0 Å². The summed E-state index contributed by atoms with van der Waals surface area (Å²) in [4.78, 5) is 19.7. The Morgan fingerprint density at radius 3 is 2.53 bits per heavy atom. The molecule has 0 unspecified atom stereocenters. The molecule has 1 aromatic rings. The number of carbonyl (C=O) groups excluding carboxylic acids is 1. The minimum absolute atomic E-state index is 0.0327. The van der Waals surface area contributed by atoms with Crippen LogP contribution in [0.1, 0.15) is 31.1 Å². The average Bonchev–Trinajstić information content (AvgIpc) is 2.12. The van der Waals surface area contributed by atoms with Crippen LogP contribution < -0.4 is 0 Å². The van der Waals surface area contributed by atoms with Crippen LogP contribution in [0.15, 0.2) is 12.1 Å². The van der Waals surface area contributed by atoms with Gasteiger partial charge in [0.05, 0.1) is 5.69 Å². The lowest BCUT2D eigenvalue weighted by atomic mass is 10.1. The highest BCUT2D eigenvalue weighted by Gasteiger charge is 2.02. The number of carbonyl (C=O) groups is 1. The summed E-state index contributed by atoms with van der Waals surface area (Å²) in [5, 5.41) is 0. The van der Waals surface area contributed by atoms with Crippen LogP contribution in [0.4, 0.5) is 0 Å². The Morgan fingerprint density at radius 1 is 1.33 bits per heavy atom. The summed E-state index contributed by atoms with van der Waals surface area (Å²) in [5.74, 6) is 0.876. The maximum absolute atomic E-state index is 11.4. The van der Waals surface area contributed by atoms with Gasteiger partial charge in [-0.15, -0.1) is 0 Å². The molecule has 80 valence electrons. The fourth-order valence-corrected chi connectivity index (χ4v) is 1.19. The molecule has 0 amide bonds. The van der Waals surface area contributed by atoms with E-state index in [0.717, 1.165) is 17.2 Å². The molecule has 0 bridgehead atoms.